The zero-order valence-electron chi connectivity index (χ0n) is 55.5. The number of ether oxygens (including phenoxy) is 4. The minimum Gasteiger partial charge on any atom is -0.504 e. The second-order valence-electron chi connectivity index (χ2n) is 22.0. The second-order valence-corrected chi connectivity index (χ2v) is 22.0. The molecule has 530 valence electrons. The van der Waals surface area contributed by atoms with Gasteiger partial charge in [0.15, 0.2) is 28.8 Å². The molecule has 0 aliphatic heterocycles. The zero-order valence-corrected chi connectivity index (χ0v) is 55.5. The van der Waals surface area contributed by atoms with Crippen molar-refractivity contribution in [3.63, 3.8) is 0 Å². The number of phenols is 1. The van der Waals surface area contributed by atoms with E-state index in [4.69, 9.17) is 18.9 Å². The Morgan fingerprint density at radius 3 is 1.06 bits per heavy atom. The molecule has 10 N–H and O–H groups in total. The maximum absolute atomic E-state index is 13.5. The largest absolute Gasteiger partial charge is 0.504 e. The van der Waals surface area contributed by atoms with Crippen LogP contribution in [0.2, 0.25) is 0 Å². The van der Waals surface area contributed by atoms with Gasteiger partial charge in [-0.1, -0.05) is 0 Å². The molecule has 0 spiro atoms. The Hall–Kier alpha value is -13.9. The van der Waals surface area contributed by atoms with E-state index in [9.17, 15) is 88.0 Å². The van der Waals surface area contributed by atoms with Crippen LogP contribution in [0.5, 0.6) is 17.2 Å². The number of ketones is 3. The minimum absolute atomic E-state index is 0.00705. The first kappa shape index (κ1) is 76.5. The van der Waals surface area contributed by atoms with Crippen LogP contribution in [0.4, 0.5) is 45.5 Å². The first-order valence-electron chi connectivity index (χ1n) is 30.3. The molecule has 0 aliphatic carbocycles. The molecule has 0 radical (unpaired) electrons. The van der Waals surface area contributed by atoms with Gasteiger partial charge in [0.05, 0.1) is 46.6 Å². The number of nitro benzene ring substituents is 2. The lowest BCUT2D eigenvalue weighted by Crippen LogP contribution is -2.54. The Labute approximate surface area is 584 Å². The third-order valence-electron chi connectivity index (χ3n) is 15.0. The molecule has 0 saturated carbocycles. The number of carbonyl (C=O) groups is 12. The van der Waals surface area contributed by atoms with Gasteiger partial charge < -0.3 is 71.7 Å². The van der Waals surface area contributed by atoms with Crippen LogP contribution in [0.25, 0.3) is 0 Å². The van der Waals surface area contributed by atoms with Gasteiger partial charge in [0.2, 0.25) is 11.8 Å². The number of methoxy groups -OCH3 is 4. The summed E-state index contributed by atoms with van der Waals surface area (Å²) in [6.45, 7) is 3.81. The average Bonchev–Trinajstić information content (AvgIpc) is 0.886. The van der Waals surface area contributed by atoms with Crippen LogP contribution in [0.3, 0.4) is 0 Å². The highest BCUT2D eigenvalue weighted by Crippen LogP contribution is 2.39. The van der Waals surface area contributed by atoms with E-state index >= 15 is 0 Å². The fourth-order valence-electron chi connectivity index (χ4n) is 9.67. The second kappa shape index (κ2) is 35.1. The number of benzene rings is 8. The summed E-state index contributed by atoms with van der Waals surface area (Å²) in [6.07, 6.45) is -2.68. The first-order chi connectivity index (χ1) is 49.0. The number of amides is 8. The van der Waals surface area contributed by atoms with Crippen molar-refractivity contribution in [1.29, 1.82) is 0 Å². The molecule has 8 aromatic rings. The van der Waals surface area contributed by atoms with Crippen molar-refractivity contribution in [2.45, 2.75) is 45.1 Å². The van der Waals surface area contributed by atoms with Crippen LogP contribution < -0.4 is 52.0 Å². The molecule has 8 rings (SSSR count). The van der Waals surface area contributed by atoms with Crippen LogP contribution in [0.1, 0.15) is 104 Å². The van der Waals surface area contributed by atoms with Gasteiger partial charge in [-0.15, -0.1) is 0 Å². The van der Waals surface area contributed by atoms with Crippen molar-refractivity contribution in [2.24, 2.45) is 0 Å². The number of carboxylic acid groups (broad SMARTS) is 1. The number of phenolic OH excluding ortho intramolecular Hbond substituents is 1. The van der Waals surface area contributed by atoms with E-state index in [0.29, 0.717) is 22.6 Å². The number of aromatic carboxylic acids is 1. The summed E-state index contributed by atoms with van der Waals surface area (Å²) in [5, 5.41) is 62.4. The third kappa shape index (κ3) is 20.1. The Morgan fingerprint density at radius 1 is 0.388 bits per heavy atom. The molecular formula is C71H64N10O22. The van der Waals surface area contributed by atoms with Crippen molar-refractivity contribution in [3.8, 4) is 17.2 Å². The average molecular weight is 1410 g/mol. The number of aromatic hydroxyl groups is 1. The van der Waals surface area contributed by atoms with Gasteiger partial charge in [0.25, 0.3) is 46.8 Å². The highest BCUT2D eigenvalue weighted by Gasteiger charge is 2.36. The quantitative estimate of drug-likeness (QED) is 0.0125. The maximum Gasteiger partial charge on any atom is 0.335 e. The monoisotopic (exact) mass is 1410 g/mol. The smallest absolute Gasteiger partial charge is 0.335 e. The molecule has 0 fully saturated rings. The molecule has 8 amide bonds. The molecule has 0 aromatic heterocycles. The molecule has 32 heteroatoms. The molecule has 0 saturated heterocycles. The highest BCUT2D eigenvalue weighted by molar-refractivity contribution is 6.12. The Balaban J connectivity index is 0.000000319. The molecular weight excluding hydrogens is 1340 g/mol. The van der Waals surface area contributed by atoms with Gasteiger partial charge in [-0.25, -0.2) is 4.79 Å². The van der Waals surface area contributed by atoms with Crippen molar-refractivity contribution in [1.82, 2.24) is 10.6 Å². The lowest BCUT2D eigenvalue weighted by molar-refractivity contribution is -0.385. The predicted octanol–water partition coefficient (Wildman–Crippen LogP) is 8.50. The van der Waals surface area contributed by atoms with Crippen molar-refractivity contribution < 1.29 is 96.5 Å². The van der Waals surface area contributed by atoms with Gasteiger partial charge in [0.1, 0.15) is 30.0 Å². The van der Waals surface area contributed by atoms with Crippen molar-refractivity contribution >= 4 is 116 Å². The summed E-state index contributed by atoms with van der Waals surface area (Å²) in [6, 6.07) is 36.3. The Kier molecular flexibility index (Phi) is 26.0. The maximum atomic E-state index is 13.5. The van der Waals surface area contributed by atoms with E-state index in [2.05, 4.69) is 42.5 Å². The normalized spacial score (nSPS) is 11.7. The number of nitrogens with zero attached hydrogens (tertiary/aromatic N) is 2. The lowest BCUT2D eigenvalue weighted by atomic mass is 10.0. The fourth-order valence-corrected chi connectivity index (χ4v) is 9.67. The summed E-state index contributed by atoms with van der Waals surface area (Å²) in [7, 11) is 4.92. The third-order valence-corrected chi connectivity index (χ3v) is 15.0. The van der Waals surface area contributed by atoms with Gasteiger partial charge in [-0.3, -0.25) is 73.0 Å². The van der Waals surface area contributed by atoms with Crippen molar-refractivity contribution in [3.05, 3.63) is 241 Å². The Bertz CT molecular complexity index is 4590. The molecule has 4 atom stereocenters. The summed E-state index contributed by atoms with van der Waals surface area (Å²) >= 11 is 0. The minimum atomic E-state index is -1.53. The molecule has 32 nitrogen and oxygen atoms in total. The van der Waals surface area contributed by atoms with E-state index in [1.807, 2.05) is 0 Å². The first-order valence-corrected chi connectivity index (χ1v) is 30.3. The molecule has 0 aliphatic rings. The fraction of sp³-hybridized carbons (Fsp3) is 0.155. The summed E-state index contributed by atoms with van der Waals surface area (Å²) < 4.78 is 20.9. The zero-order chi connectivity index (χ0) is 75.4. The molecule has 103 heavy (non-hydrogen) atoms. The van der Waals surface area contributed by atoms with E-state index in [0.717, 1.165) is 0 Å². The van der Waals surface area contributed by atoms with Gasteiger partial charge in [-0.05, 0) is 172 Å². The van der Waals surface area contributed by atoms with Crippen LogP contribution in [0, 0.1) is 20.2 Å². The van der Waals surface area contributed by atoms with Crippen LogP contribution >= 0.6 is 0 Å². The SMILES string of the molecule is COC(C(C)=O)C(NC(=O)c1ccc(NC(=O)c2ccc([N+](=O)[O-])cc2)cc1)C(=O)Nc1ccc(C(C)=O)cc1.COc1cc(C(=O)O)ccc1NC(=O)c1ccc(NC(=O)c2ccc(NC(=O)C(NC(=O)c3ccc(NC(=O)c4ccc([N+](=O)[O-])cc4)cc3)C(OC)C(C)=O)cc2)c(OC)c1O. The van der Waals surface area contributed by atoms with Crippen LogP contribution in [-0.2, 0) is 28.7 Å². The lowest BCUT2D eigenvalue weighted by Gasteiger charge is -2.24. The number of carbonyl (C=O) groups excluding carboxylic acids is 11. The number of nitro groups is 2. The van der Waals surface area contributed by atoms with Crippen molar-refractivity contribution in [2.75, 3.05) is 60.3 Å². The summed E-state index contributed by atoms with van der Waals surface area (Å²) in [5.41, 5.74) is 1.71. The number of non-ortho nitro benzene ring substituents is 2. The predicted molar refractivity (Wildman–Crippen MR) is 371 cm³/mol. The number of carboxylic acids is 1. The molecule has 0 heterocycles. The highest BCUT2D eigenvalue weighted by atomic mass is 16.6. The Morgan fingerprint density at radius 2 is 0.718 bits per heavy atom. The van der Waals surface area contributed by atoms with Crippen LogP contribution in [-0.4, -0.2) is 143 Å². The van der Waals surface area contributed by atoms with Gasteiger partial charge in [0, 0.05) is 94.6 Å². The number of Topliss-reactive ketones (excluding diaryl/α,β-unsaturated/α-hetero) is 3. The topological polar surface area (TPSA) is 465 Å². The molecule has 4 unspecified atom stereocenters. The van der Waals surface area contributed by atoms with E-state index in [-0.39, 0.29) is 84.7 Å². The summed E-state index contributed by atoms with van der Waals surface area (Å²) in [4.78, 5) is 172. The van der Waals surface area contributed by atoms with Gasteiger partial charge >= 0.3 is 5.97 Å². The number of rotatable bonds is 28. The number of hydrogen-bond acceptors (Lipinski definition) is 21. The number of hydrogen-bond donors (Lipinski definition) is 10. The van der Waals surface area contributed by atoms with E-state index in [1.54, 1.807) is 0 Å². The number of anilines is 6. The standard InChI is InChI=1S/C43H38N6O14.C28H26N4O8/c1-22(50)36(62-3)34(48-40(54)24-7-12-27(13-8-24)44-38(52)25-9-16-29(17-10-25)49(59)60)42(56)45-28-14-5-23(6-15-28)39(53)47-32-20-18-30(35(51)37(32)63-4)41(55)46-31-19-11-26(43(57)58)21-33(31)61-2;1-16(33)18-4-10-22(11-5-18)30-28(37)24(25(40-3)17(2)34)31-27(36)19-6-12-21(13-7-19)29-26(35)20-8-14-23(15-9-20)32(38)39/h5-21,34,36,51H,1-4H3,(H,44,52)(H,45,56)(H,46,55)(H,47,53)(H,48,54)(H,57,58);4-15,24-25H,1-3H3,(H,29,35)(H,30,37)(H,31,36). The molecule has 0 bridgehead atoms. The van der Waals surface area contributed by atoms with E-state index < -0.39 is 105 Å². The van der Waals surface area contributed by atoms with Crippen LogP contribution in [0.15, 0.2) is 176 Å². The van der Waals surface area contributed by atoms with E-state index in [1.165, 1.54) is 225 Å². The summed E-state index contributed by atoms with van der Waals surface area (Å²) in [5.74, 6) is -8.74. The number of nitrogens with one attached hydrogen (secondary N) is 8. The molecule has 8 aromatic carbocycles. The van der Waals surface area contributed by atoms with Gasteiger partial charge in [-0.2, -0.15) is 0 Å².